The maximum absolute atomic E-state index is 12.3. The summed E-state index contributed by atoms with van der Waals surface area (Å²) in [5.74, 6) is 0.171. The number of aliphatic hydroxyl groups is 1. The Morgan fingerprint density at radius 1 is 1.71 bits per heavy atom. The summed E-state index contributed by atoms with van der Waals surface area (Å²) >= 11 is 0. The van der Waals surface area contributed by atoms with Crippen molar-refractivity contribution >= 4 is 11.6 Å². The molecule has 0 saturated carbocycles. The lowest BCUT2D eigenvalue weighted by Crippen LogP contribution is -2.40. The zero-order valence-corrected chi connectivity index (χ0v) is 10.1. The van der Waals surface area contributed by atoms with Gasteiger partial charge in [-0.3, -0.25) is 9.48 Å². The summed E-state index contributed by atoms with van der Waals surface area (Å²) in [6.45, 7) is 2.70. The number of carbonyl (C=O) groups excluding carboxylic acids is 1. The predicted molar refractivity (Wildman–Crippen MR) is 63.3 cm³/mol. The van der Waals surface area contributed by atoms with Gasteiger partial charge in [0.1, 0.15) is 5.69 Å². The number of aromatic nitrogens is 2. The first-order valence-corrected chi connectivity index (χ1v) is 5.75. The third kappa shape index (κ3) is 1.88. The van der Waals surface area contributed by atoms with Crippen molar-refractivity contribution in [3.05, 3.63) is 11.9 Å². The van der Waals surface area contributed by atoms with E-state index in [4.69, 9.17) is 5.73 Å². The van der Waals surface area contributed by atoms with E-state index in [1.54, 1.807) is 11.9 Å². The number of anilines is 1. The fraction of sp³-hybridized carbons (Fsp3) is 0.636. The standard InChI is InChI=1S/C11H18N4O2/c1-7-3-4-15(9(7)6-16)11(17)10-8(12)5-13-14(10)2/h5,7,9,16H,3-4,6,12H2,1-2H3. The summed E-state index contributed by atoms with van der Waals surface area (Å²) < 4.78 is 1.48. The number of hydrogen-bond acceptors (Lipinski definition) is 4. The van der Waals surface area contributed by atoms with E-state index in [0.717, 1.165) is 6.42 Å². The fourth-order valence-electron chi connectivity index (χ4n) is 2.39. The molecule has 3 N–H and O–H groups in total. The van der Waals surface area contributed by atoms with E-state index in [1.807, 2.05) is 6.92 Å². The highest BCUT2D eigenvalue weighted by atomic mass is 16.3. The molecule has 0 radical (unpaired) electrons. The van der Waals surface area contributed by atoms with Crippen LogP contribution in [-0.2, 0) is 7.05 Å². The Labute approximate surface area is 100 Å². The van der Waals surface area contributed by atoms with E-state index in [-0.39, 0.29) is 18.6 Å². The number of aliphatic hydroxyl groups excluding tert-OH is 1. The second-order valence-corrected chi connectivity index (χ2v) is 4.59. The van der Waals surface area contributed by atoms with E-state index < -0.39 is 0 Å². The van der Waals surface area contributed by atoms with Crippen LogP contribution in [0, 0.1) is 5.92 Å². The molecular weight excluding hydrogens is 220 g/mol. The topological polar surface area (TPSA) is 84.4 Å². The highest BCUT2D eigenvalue weighted by Crippen LogP contribution is 2.26. The number of nitrogens with two attached hydrogens (primary N) is 1. The molecule has 2 atom stereocenters. The summed E-state index contributed by atoms with van der Waals surface area (Å²) in [4.78, 5) is 14.0. The molecule has 1 aromatic rings. The molecule has 1 aliphatic heterocycles. The van der Waals surface area contributed by atoms with Crippen LogP contribution in [-0.4, -0.2) is 44.9 Å². The first kappa shape index (κ1) is 11.9. The molecular formula is C11H18N4O2. The lowest BCUT2D eigenvalue weighted by Gasteiger charge is -2.25. The molecule has 17 heavy (non-hydrogen) atoms. The molecule has 1 aromatic heterocycles. The highest BCUT2D eigenvalue weighted by molar-refractivity contribution is 5.97. The maximum Gasteiger partial charge on any atom is 0.274 e. The van der Waals surface area contributed by atoms with Crippen molar-refractivity contribution in [2.75, 3.05) is 18.9 Å². The normalized spacial score (nSPS) is 24.3. The molecule has 0 aliphatic carbocycles. The Kier molecular flexibility index (Phi) is 3.06. The Balaban J connectivity index is 2.27. The maximum atomic E-state index is 12.3. The zero-order chi connectivity index (χ0) is 12.6. The zero-order valence-electron chi connectivity index (χ0n) is 10.1. The molecule has 1 fully saturated rings. The van der Waals surface area contributed by atoms with Gasteiger partial charge in [0.2, 0.25) is 0 Å². The molecule has 0 bridgehead atoms. The van der Waals surface area contributed by atoms with Gasteiger partial charge in [0, 0.05) is 13.6 Å². The Morgan fingerprint density at radius 2 is 2.41 bits per heavy atom. The third-order valence-corrected chi connectivity index (χ3v) is 3.50. The van der Waals surface area contributed by atoms with Gasteiger partial charge in [0.15, 0.2) is 0 Å². The largest absolute Gasteiger partial charge is 0.396 e. The van der Waals surface area contributed by atoms with Gasteiger partial charge in [0.05, 0.1) is 24.5 Å². The monoisotopic (exact) mass is 238 g/mol. The van der Waals surface area contributed by atoms with Crippen molar-refractivity contribution in [2.45, 2.75) is 19.4 Å². The van der Waals surface area contributed by atoms with Gasteiger partial charge in [-0.15, -0.1) is 0 Å². The second-order valence-electron chi connectivity index (χ2n) is 4.59. The molecule has 1 aliphatic rings. The molecule has 1 amide bonds. The number of likely N-dealkylation sites (tertiary alicyclic amines) is 1. The van der Waals surface area contributed by atoms with Crippen molar-refractivity contribution in [1.29, 1.82) is 0 Å². The molecule has 94 valence electrons. The van der Waals surface area contributed by atoms with Crippen molar-refractivity contribution in [3.63, 3.8) is 0 Å². The molecule has 0 aromatic carbocycles. The van der Waals surface area contributed by atoms with Gasteiger partial charge < -0.3 is 15.7 Å². The smallest absolute Gasteiger partial charge is 0.274 e. The lowest BCUT2D eigenvalue weighted by atomic mass is 10.0. The minimum absolute atomic E-state index is 0.00926. The fourth-order valence-corrected chi connectivity index (χ4v) is 2.39. The number of rotatable bonds is 2. The Hall–Kier alpha value is -1.56. The van der Waals surface area contributed by atoms with Crippen LogP contribution in [0.15, 0.2) is 6.20 Å². The van der Waals surface area contributed by atoms with Gasteiger partial charge in [0.25, 0.3) is 5.91 Å². The van der Waals surface area contributed by atoms with E-state index >= 15 is 0 Å². The third-order valence-electron chi connectivity index (χ3n) is 3.50. The molecule has 0 spiro atoms. The highest BCUT2D eigenvalue weighted by Gasteiger charge is 2.35. The quantitative estimate of drug-likeness (QED) is 0.750. The van der Waals surface area contributed by atoms with Gasteiger partial charge in [-0.1, -0.05) is 6.92 Å². The van der Waals surface area contributed by atoms with Crippen molar-refractivity contribution < 1.29 is 9.90 Å². The van der Waals surface area contributed by atoms with Crippen LogP contribution in [0.5, 0.6) is 0 Å². The number of hydrogen-bond donors (Lipinski definition) is 2. The van der Waals surface area contributed by atoms with Gasteiger partial charge in [-0.2, -0.15) is 5.10 Å². The number of aryl methyl sites for hydroxylation is 1. The van der Waals surface area contributed by atoms with Crippen LogP contribution < -0.4 is 5.73 Å². The van der Waals surface area contributed by atoms with Crippen LogP contribution in [0.4, 0.5) is 5.69 Å². The minimum Gasteiger partial charge on any atom is -0.396 e. The predicted octanol–water partition coefficient (Wildman–Crippen LogP) is -0.155. The molecule has 2 unspecified atom stereocenters. The molecule has 1 saturated heterocycles. The van der Waals surface area contributed by atoms with E-state index in [2.05, 4.69) is 5.10 Å². The van der Waals surface area contributed by atoms with Gasteiger partial charge in [-0.05, 0) is 12.3 Å². The SMILES string of the molecule is CC1CCN(C(=O)c2c(N)cnn2C)C1CO. The van der Waals surface area contributed by atoms with Crippen LogP contribution in [0.3, 0.4) is 0 Å². The van der Waals surface area contributed by atoms with Gasteiger partial charge >= 0.3 is 0 Å². The average molecular weight is 238 g/mol. The molecule has 6 nitrogen and oxygen atoms in total. The first-order chi connectivity index (χ1) is 8.06. The average Bonchev–Trinajstić information content (AvgIpc) is 2.82. The van der Waals surface area contributed by atoms with Gasteiger partial charge in [-0.25, -0.2) is 0 Å². The summed E-state index contributed by atoms with van der Waals surface area (Å²) in [7, 11) is 1.69. The van der Waals surface area contributed by atoms with E-state index in [1.165, 1.54) is 10.9 Å². The molecule has 6 heteroatoms. The van der Waals surface area contributed by atoms with Crippen molar-refractivity contribution in [1.82, 2.24) is 14.7 Å². The number of amides is 1. The van der Waals surface area contributed by atoms with E-state index in [9.17, 15) is 9.90 Å². The minimum atomic E-state index is -0.147. The Bertz CT molecular complexity index is 410. The first-order valence-electron chi connectivity index (χ1n) is 5.75. The lowest BCUT2D eigenvalue weighted by molar-refractivity contribution is 0.0638. The summed E-state index contributed by atoms with van der Waals surface area (Å²) in [6.07, 6.45) is 2.38. The molecule has 2 heterocycles. The Morgan fingerprint density at radius 3 is 2.94 bits per heavy atom. The van der Waals surface area contributed by atoms with Crippen molar-refractivity contribution in [3.8, 4) is 0 Å². The van der Waals surface area contributed by atoms with Crippen molar-refractivity contribution in [2.24, 2.45) is 13.0 Å². The van der Waals surface area contributed by atoms with Crippen LogP contribution in [0.2, 0.25) is 0 Å². The van der Waals surface area contributed by atoms with Crippen LogP contribution >= 0.6 is 0 Å². The number of nitrogens with zero attached hydrogens (tertiary/aromatic N) is 3. The number of carbonyl (C=O) groups is 1. The summed E-state index contributed by atoms with van der Waals surface area (Å²) in [6, 6.07) is -0.114. The van der Waals surface area contributed by atoms with Crippen LogP contribution in [0.25, 0.3) is 0 Å². The van der Waals surface area contributed by atoms with Crippen LogP contribution in [0.1, 0.15) is 23.8 Å². The summed E-state index contributed by atoms with van der Waals surface area (Å²) in [5.41, 5.74) is 6.52. The number of nitrogen functional groups attached to an aromatic ring is 1. The molecule has 2 rings (SSSR count). The second kappa shape index (κ2) is 4.37. The van der Waals surface area contributed by atoms with E-state index in [0.29, 0.717) is 23.8 Å². The summed E-state index contributed by atoms with van der Waals surface area (Å²) in [5, 5.41) is 13.3.